The predicted octanol–water partition coefficient (Wildman–Crippen LogP) is 2.41. The number of benzene rings is 1. The largest absolute Gasteiger partial charge is 0.481 e. The van der Waals surface area contributed by atoms with Crippen LogP contribution in [0, 0.1) is 11.8 Å². The smallest absolute Gasteiger partial charge is 0.317 e. The number of thioether (sulfide) groups is 1. The maximum absolute atomic E-state index is 12.0. The number of carboxylic acid groups (broad SMARTS) is 1. The second-order valence-corrected chi connectivity index (χ2v) is 5.50. The first kappa shape index (κ1) is 15.7. The number of carbonyl (C=O) groups excluding carboxylic acids is 1. The molecule has 19 heavy (non-hydrogen) atoms. The van der Waals surface area contributed by atoms with Gasteiger partial charge in [-0.1, -0.05) is 50.2 Å². The molecule has 3 atom stereocenters. The molecule has 0 aliphatic carbocycles. The third-order valence-corrected chi connectivity index (χ3v) is 4.01. The third kappa shape index (κ3) is 4.36. The van der Waals surface area contributed by atoms with Crippen LogP contribution in [0.4, 0.5) is 0 Å². The Morgan fingerprint density at radius 1 is 1.26 bits per heavy atom. The van der Waals surface area contributed by atoms with Gasteiger partial charge in [-0.05, 0) is 18.1 Å². The SMILES string of the molecule is CC[C@H](C)[C@H](O)[C@H](C(=O)O)C(=O)Sc1ccccc1. The van der Waals surface area contributed by atoms with E-state index in [0.29, 0.717) is 11.3 Å². The molecule has 5 heteroatoms. The van der Waals surface area contributed by atoms with Crippen LogP contribution in [0.2, 0.25) is 0 Å². The van der Waals surface area contributed by atoms with Gasteiger partial charge in [0.25, 0.3) is 0 Å². The van der Waals surface area contributed by atoms with Gasteiger partial charge in [0.2, 0.25) is 5.12 Å². The average molecular weight is 282 g/mol. The van der Waals surface area contributed by atoms with E-state index in [1.165, 1.54) is 0 Å². The molecular weight excluding hydrogens is 264 g/mol. The van der Waals surface area contributed by atoms with Crippen LogP contribution in [0.15, 0.2) is 35.2 Å². The van der Waals surface area contributed by atoms with Crippen molar-refractivity contribution in [3.05, 3.63) is 30.3 Å². The zero-order chi connectivity index (χ0) is 14.4. The highest BCUT2D eigenvalue weighted by Gasteiger charge is 2.36. The topological polar surface area (TPSA) is 74.6 Å². The van der Waals surface area contributed by atoms with E-state index >= 15 is 0 Å². The summed E-state index contributed by atoms with van der Waals surface area (Å²) < 4.78 is 0. The lowest BCUT2D eigenvalue weighted by molar-refractivity contribution is -0.149. The zero-order valence-corrected chi connectivity index (χ0v) is 11.8. The molecule has 0 spiro atoms. The van der Waals surface area contributed by atoms with E-state index in [2.05, 4.69) is 0 Å². The molecule has 0 unspecified atom stereocenters. The van der Waals surface area contributed by atoms with Gasteiger partial charge in [0.15, 0.2) is 5.92 Å². The summed E-state index contributed by atoms with van der Waals surface area (Å²) in [7, 11) is 0. The lowest BCUT2D eigenvalue weighted by Gasteiger charge is -2.22. The fourth-order valence-corrected chi connectivity index (χ4v) is 2.52. The Morgan fingerprint density at radius 2 is 1.84 bits per heavy atom. The Balaban J connectivity index is 2.82. The van der Waals surface area contributed by atoms with Gasteiger partial charge in [0.1, 0.15) is 0 Å². The highest BCUT2D eigenvalue weighted by Crippen LogP contribution is 2.27. The molecule has 1 aromatic carbocycles. The van der Waals surface area contributed by atoms with E-state index < -0.39 is 23.1 Å². The number of aliphatic hydroxyl groups is 1. The molecule has 4 nitrogen and oxygen atoms in total. The molecule has 0 aliphatic rings. The van der Waals surface area contributed by atoms with E-state index in [4.69, 9.17) is 5.11 Å². The molecule has 1 aromatic rings. The van der Waals surface area contributed by atoms with E-state index in [9.17, 15) is 14.7 Å². The van der Waals surface area contributed by atoms with Crippen molar-refractivity contribution in [2.75, 3.05) is 0 Å². The average Bonchev–Trinajstić information content (AvgIpc) is 2.38. The number of rotatable bonds is 6. The Kier molecular flexibility index (Phi) is 6.05. The maximum atomic E-state index is 12.0. The summed E-state index contributed by atoms with van der Waals surface area (Å²) in [5, 5.41) is 18.6. The molecule has 0 heterocycles. The molecule has 0 bridgehead atoms. The van der Waals surface area contributed by atoms with Crippen molar-refractivity contribution < 1.29 is 19.8 Å². The number of hydrogen-bond acceptors (Lipinski definition) is 4. The van der Waals surface area contributed by atoms with Crippen LogP contribution < -0.4 is 0 Å². The van der Waals surface area contributed by atoms with Gasteiger partial charge in [-0.2, -0.15) is 0 Å². The summed E-state index contributed by atoms with van der Waals surface area (Å²) >= 11 is 0.857. The van der Waals surface area contributed by atoms with E-state index in [-0.39, 0.29) is 5.92 Å². The molecule has 1 rings (SSSR count). The van der Waals surface area contributed by atoms with Gasteiger partial charge < -0.3 is 10.2 Å². The molecule has 0 aromatic heterocycles. The maximum Gasteiger partial charge on any atom is 0.317 e. The summed E-state index contributed by atoms with van der Waals surface area (Å²) in [6.07, 6.45) is -0.542. The number of carbonyl (C=O) groups is 2. The summed E-state index contributed by atoms with van der Waals surface area (Å²) in [6.45, 7) is 3.59. The molecule has 0 radical (unpaired) electrons. The van der Waals surface area contributed by atoms with Gasteiger partial charge in [-0.3, -0.25) is 9.59 Å². The zero-order valence-electron chi connectivity index (χ0n) is 10.9. The van der Waals surface area contributed by atoms with Crippen LogP contribution in [0.25, 0.3) is 0 Å². The van der Waals surface area contributed by atoms with Crippen LogP contribution in [0.3, 0.4) is 0 Å². The fourth-order valence-electron chi connectivity index (χ4n) is 1.62. The normalized spacial score (nSPS) is 15.5. The molecule has 104 valence electrons. The molecule has 0 saturated heterocycles. The van der Waals surface area contributed by atoms with Crippen LogP contribution >= 0.6 is 11.8 Å². The van der Waals surface area contributed by atoms with Crippen LogP contribution in [-0.4, -0.2) is 27.4 Å². The summed E-state index contributed by atoms with van der Waals surface area (Å²) in [6, 6.07) is 8.83. The highest BCUT2D eigenvalue weighted by molar-refractivity contribution is 8.13. The summed E-state index contributed by atoms with van der Waals surface area (Å²) in [5.41, 5.74) is 0. The van der Waals surface area contributed by atoms with Crippen molar-refractivity contribution in [1.82, 2.24) is 0 Å². The third-order valence-electron chi connectivity index (χ3n) is 3.05. The van der Waals surface area contributed by atoms with Crippen molar-refractivity contribution in [3.8, 4) is 0 Å². The number of aliphatic hydroxyl groups excluding tert-OH is 1. The minimum Gasteiger partial charge on any atom is -0.481 e. The van der Waals surface area contributed by atoms with Gasteiger partial charge in [-0.15, -0.1) is 0 Å². The predicted molar refractivity (Wildman–Crippen MR) is 73.9 cm³/mol. The molecule has 0 amide bonds. The second kappa shape index (κ2) is 7.31. The summed E-state index contributed by atoms with van der Waals surface area (Å²) in [5.74, 6) is -2.90. The Bertz CT molecular complexity index is 432. The monoisotopic (exact) mass is 282 g/mol. The fraction of sp³-hybridized carbons (Fsp3) is 0.429. The van der Waals surface area contributed by atoms with Crippen molar-refractivity contribution in [1.29, 1.82) is 0 Å². The van der Waals surface area contributed by atoms with Crippen molar-refractivity contribution in [2.45, 2.75) is 31.3 Å². The van der Waals surface area contributed by atoms with Crippen LogP contribution in [0.1, 0.15) is 20.3 Å². The lowest BCUT2D eigenvalue weighted by Crippen LogP contribution is -2.37. The standard InChI is InChI=1S/C14H18O4S/c1-3-9(2)12(15)11(13(16)17)14(18)19-10-7-5-4-6-8-10/h4-9,11-12,15H,3H2,1-2H3,(H,16,17)/t9-,11+,12-/m0/s1. The van der Waals surface area contributed by atoms with Crippen LogP contribution in [-0.2, 0) is 9.59 Å². The van der Waals surface area contributed by atoms with E-state index in [1.54, 1.807) is 31.2 Å². The minimum absolute atomic E-state index is 0.235. The first-order valence-corrected chi connectivity index (χ1v) is 6.96. The second-order valence-electron chi connectivity index (χ2n) is 4.43. The number of carboxylic acids is 1. The Morgan fingerprint density at radius 3 is 2.32 bits per heavy atom. The van der Waals surface area contributed by atoms with Crippen molar-refractivity contribution >= 4 is 22.8 Å². The lowest BCUT2D eigenvalue weighted by atomic mass is 9.91. The molecule has 0 fully saturated rings. The molecule has 2 N–H and O–H groups in total. The van der Waals surface area contributed by atoms with Crippen molar-refractivity contribution in [2.24, 2.45) is 11.8 Å². The number of hydrogen-bond donors (Lipinski definition) is 2. The van der Waals surface area contributed by atoms with Gasteiger partial charge in [-0.25, -0.2) is 0 Å². The first-order valence-electron chi connectivity index (χ1n) is 6.15. The summed E-state index contributed by atoms with van der Waals surface area (Å²) in [4.78, 5) is 23.9. The Labute approximate surface area is 116 Å². The van der Waals surface area contributed by atoms with Crippen molar-refractivity contribution in [3.63, 3.8) is 0 Å². The highest BCUT2D eigenvalue weighted by atomic mass is 32.2. The number of aliphatic carboxylic acids is 1. The molecular formula is C14H18O4S. The quantitative estimate of drug-likeness (QED) is 0.619. The van der Waals surface area contributed by atoms with Gasteiger partial charge in [0.05, 0.1) is 6.10 Å². The van der Waals surface area contributed by atoms with E-state index in [0.717, 1.165) is 11.8 Å². The van der Waals surface area contributed by atoms with Gasteiger partial charge >= 0.3 is 5.97 Å². The molecule has 0 aliphatic heterocycles. The van der Waals surface area contributed by atoms with E-state index in [1.807, 2.05) is 13.0 Å². The minimum atomic E-state index is -1.39. The first-order chi connectivity index (χ1) is 8.97. The molecule has 0 saturated carbocycles. The van der Waals surface area contributed by atoms with Crippen LogP contribution in [0.5, 0.6) is 0 Å². The van der Waals surface area contributed by atoms with Gasteiger partial charge in [0, 0.05) is 4.90 Å². The Hall–Kier alpha value is -1.33.